The van der Waals surface area contributed by atoms with Crippen molar-refractivity contribution in [2.24, 2.45) is 0 Å². The number of pyridine rings is 1. The van der Waals surface area contributed by atoms with Crippen molar-refractivity contribution in [1.82, 2.24) is 24.1 Å². The van der Waals surface area contributed by atoms with Gasteiger partial charge in [-0.05, 0) is 106 Å². The minimum atomic E-state index is -0.324. The largest absolute Gasteiger partial charge is 0.309 e. The number of para-hydroxylation sites is 2. The number of thiophene rings is 1. The second-order valence-electron chi connectivity index (χ2n) is 22.5. The van der Waals surface area contributed by atoms with E-state index in [1.165, 1.54) is 86.1 Å². The Bertz CT molecular complexity index is 5230. The quantitative estimate of drug-likeness (QED) is 0.145. The summed E-state index contributed by atoms with van der Waals surface area (Å²) < 4.78 is 7.43. The highest BCUT2D eigenvalue weighted by Crippen LogP contribution is 2.53. The van der Waals surface area contributed by atoms with Gasteiger partial charge in [0.15, 0.2) is 5.82 Å². The lowest BCUT2D eigenvalue weighted by molar-refractivity contribution is 0.583. The number of benzene rings is 11. The summed E-state index contributed by atoms with van der Waals surface area (Å²) in [5.41, 5.74) is 21.2. The summed E-state index contributed by atoms with van der Waals surface area (Å²) in [4.78, 5) is 15.8. The Labute approximate surface area is 489 Å². The molecule has 1 aliphatic carbocycles. The van der Waals surface area contributed by atoms with Crippen LogP contribution >= 0.6 is 11.3 Å². The van der Waals surface area contributed by atoms with Gasteiger partial charge >= 0.3 is 0 Å². The van der Waals surface area contributed by atoms with Crippen LogP contribution in [0.5, 0.6) is 0 Å². The zero-order valence-corrected chi connectivity index (χ0v) is 46.7. The van der Waals surface area contributed by atoms with E-state index in [1.807, 2.05) is 35.6 Å². The Morgan fingerprint density at radius 2 is 0.940 bits per heavy atom. The van der Waals surface area contributed by atoms with Crippen LogP contribution in [0.1, 0.15) is 23.6 Å². The number of rotatable bonds is 9. The van der Waals surface area contributed by atoms with Crippen molar-refractivity contribution in [3.63, 3.8) is 0 Å². The fourth-order valence-corrected chi connectivity index (χ4v) is 14.9. The minimum absolute atomic E-state index is 0.324. The smallest absolute Gasteiger partial charge is 0.160 e. The number of hydrogen-bond donors (Lipinski definition) is 0. The van der Waals surface area contributed by atoms with Gasteiger partial charge in [0.25, 0.3) is 0 Å². The van der Waals surface area contributed by atoms with Gasteiger partial charge in [0.2, 0.25) is 0 Å². The van der Waals surface area contributed by atoms with Crippen molar-refractivity contribution in [2.75, 3.05) is 0 Å². The summed E-state index contributed by atoms with van der Waals surface area (Å²) >= 11 is 1.87. The summed E-state index contributed by atoms with van der Waals surface area (Å²) in [6.45, 7) is 2.46. The van der Waals surface area contributed by atoms with E-state index in [-0.39, 0.29) is 5.41 Å². The zero-order chi connectivity index (χ0) is 55.5. The molecule has 1 aliphatic rings. The summed E-state index contributed by atoms with van der Waals surface area (Å²) in [5, 5.41) is 7.49. The SMILES string of the molecule is CC1(Cc2cccc(-c3cc(-c4ccccc4)nc(-n4c5ccccc5c5ccc6c7ccccc7sc6c54)c3)c2)c2ccccc2-c2cc3c(cc21)c1ccccc1n3-c1ccc(-c2cc(-c3ccccc3)nc(-c3ccccc3)n2)cc1. The Morgan fingerprint density at radius 1 is 0.357 bits per heavy atom. The van der Waals surface area contributed by atoms with Crippen LogP contribution < -0.4 is 0 Å². The number of nitrogens with zero attached hydrogens (tertiary/aromatic N) is 5. The van der Waals surface area contributed by atoms with E-state index in [0.717, 1.165) is 73.9 Å². The van der Waals surface area contributed by atoms with Crippen LogP contribution in [0.3, 0.4) is 0 Å². The summed E-state index contributed by atoms with van der Waals surface area (Å²) in [6.07, 6.45) is 0.817. The Balaban J connectivity index is 0.776. The van der Waals surface area contributed by atoms with Crippen LogP contribution in [0.2, 0.25) is 0 Å². The molecule has 17 rings (SSSR count). The molecule has 394 valence electrons. The molecule has 5 nitrogen and oxygen atoms in total. The molecule has 0 saturated heterocycles. The lowest BCUT2D eigenvalue weighted by atomic mass is 9.75. The first kappa shape index (κ1) is 48.2. The van der Waals surface area contributed by atoms with Crippen LogP contribution in [-0.2, 0) is 11.8 Å². The van der Waals surface area contributed by atoms with Crippen LogP contribution in [0.15, 0.2) is 279 Å². The maximum absolute atomic E-state index is 5.57. The van der Waals surface area contributed by atoms with Gasteiger partial charge in [-0.2, -0.15) is 0 Å². The van der Waals surface area contributed by atoms with Gasteiger partial charge in [-0.1, -0.05) is 225 Å². The third-order valence-corrected chi connectivity index (χ3v) is 18.8. The summed E-state index contributed by atoms with van der Waals surface area (Å²) in [5.74, 6) is 1.61. The molecule has 0 fully saturated rings. The van der Waals surface area contributed by atoms with Crippen LogP contribution in [-0.4, -0.2) is 24.1 Å². The average molecular weight is 1090 g/mol. The molecule has 16 aromatic rings. The number of hydrogen-bond acceptors (Lipinski definition) is 4. The second-order valence-corrected chi connectivity index (χ2v) is 23.6. The molecule has 84 heavy (non-hydrogen) atoms. The van der Waals surface area contributed by atoms with E-state index in [2.05, 4.69) is 271 Å². The molecule has 11 aromatic carbocycles. The fourth-order valence-electron chi connectivity index (χ4n) is 13.6. The van der Waals surface area contributed by atoms with Crippen LogP contribution in [0, 0.1) is 0 Å². The standard InChI is InChI=1S/C78H51N5S/c1-78(48-49-20-19-27-54(42-49)55-43-67(50-21-5-2-6-22-50)79-74(44-55)83-71-34-17-12-29-58(71)61-40-41-62-60-31-14-18-35-73(60)84-76(62)75(61)83)65-32-15-11-28-57(65)63-46-72-64(45-66(63)78)59-30-13-16-33-70(59)82(72)56-38-36-52(37-39-56)69-47-68(51-23-7-3-8-24-51)80-77(81-69)53-25-9-4-10-26-53/h2-47H,48H2,1H3. The highest BCUT2D eigenvalue weighted by atomic mass is 32.1. The molecule has 0 spiro atoms. The Kier molecular flexibility index (Phi) is 10.9. The van der Waals surface area contributed by atoms with Crippen molar-refractivity contribution in [3.05, 3.63) is 296 Å². The average Bonchev–Trinajstić information content (AvgIpc) is 3.14. The van der Waals surface area contributed by atoms with Crippen LogP contribution in [0.25, 0.3) is 143 Å². The molecular formula is C78H51N5S. The van der Waals surface area contributed by atoms with Crippen molar-refractivity contribution in [3.8, 4) is 78.9 Å². The van der Waals surface area contributed by atoms with Crippen LogP contribution in [0.4, 0.5) is 0 Å². The van der Waals surface area contributed by atoms with Gasteiger partial charge < -0.3 is 4.57 Å². The molecule has 0 saturated carbocycles. The Morgan fingerprint density at radius 3 is 1.68 bits per heavy atom. The molecule has 5 aromatic heterocycles. The highest BCUT2D eigenvalue weighted by molar-refractivity contribution is 7.26. The van der Waals surface area contributed by atoms with Gasteiger partial charge in [0.1, 0.15) is 5.82 Å². The molecule has 0 bridgehead atoms. The van der Waals surface area contributed by atoms with E-state index in [9.17, 15) is 0 Å². The van der Waals surface area contributed by atoms with Gasteiger partial charge in [-0.3, -0.25) is 4.57 Å². The lowest BCUT2D eigenvalue weighted by Crippen LogP contribution is -2.24. The third kappa shape index (κ3) is 7.64. The topological polar surface area (TPSA) is 48.5 Å². The van der Waals surface area contributed by atoms with Gasteiger partial charge in [-0.15, -0.1) is 11.3 Å². The van der Waals surface area contributed by atoms with Crippen molar-refractivity contribution in [2.45, 2.75) is 18.8 Å². The molecule has 0 aliphatic heterocycles. The second kappa shape index (κ2) is 19.0. The van der Waals surface area contributed by atoms with E-state index >= 15 is 0 Å². The molecule has 1 unspecified atom stereocenters. The first-order valence-corrected chi connectivity index (χ1v) is 29.6. The van der Waals surface area contributed by atoms with E-state index in [4.69, 9.17) is 15.0 Å². The molecule has 5 heterocycles. The molecule has 0 N–H and O–H groups in total. The van der Waals surface area contributed by atoms with Gasteiger partial charge in [0, 0.05) is 70.4 Å². The van der Waals surface area contributed by atoms with Crippen molar-refractivity contribution >= 4 is 75.1 Å². The maximum atomic E-state index is 5.57. The van der Waals surface area contributed by atoms with Gasteiger partial charge in [0.05, 0.1) is 43.8 Å². The van der Waals surface area contributed by atoms with E-state index in [0.29, 0.717) is 5.82 Å². The first-order valence-electron chi connectivity index (χ1n) is 28.8. The van der Waals surface area contributed by atoms with Crippen molar-refractivity contribution < 1.29 is 0 Å². The lowest BCUT2D eigenvalue weighted by Gasteiger charge is -2.28. The summed E-state index contributed by atoms with van der Waals surface area (Å²) in [6, 6.07) is 101. The number of fused-ring (bicyclic) bond motifs is 13. The monoisotopic (exact) mass is 1090 g/mol. The Hall–Kier alpha value is -10.5. The normalized spacial score (nSPS) is 13.9. The number of aromatic nitrogens is 5. The molecule has 6 heteroatoms. The maximum Gasteiger partial charge on any atom is 0.160 e. The molecule has 0 radical (unpaired) electrons. The zero-order valence-electron chi connectivity index (χ0n) is 45.9. The van der Waals surface area contributed by atoms with E-state index in [1.54, 1.807) is 0 Å². The fraction of sp³-hybridized carbons (Fsp3) is 0.0385. The molecule has 1 atom stereocenters. The minimum Gasteiger partial charge on any atom is -0.309 e. The summed E-state index contributed by atoms with van der Waals surface area (Å²) in [7, 11) is 0. The van der Waals surface area contributed by atoms with Crippen molar-refractivity contribution in [1.29, 1.82) is 0 Å². The predicted octanol–water partition coefficient (Wildman–Crippen LogP) is 20.3. The molecular weight excluding hydrogens is 1040 g/mol. The first-order chi connectivity index (χ1) is 41.5. The van der Waals surface area contributed by atoms with Gasteiger partial charge in [-0.25, -0.2) is 15.0 Å². The highest BCUT2D eigenvalue weighted by Gasteiger charge is 2.40. The molecule has 0 amide bonds. The third-order valence-electron chi connectivity index (χ3n) is 17.6. The van der Waals surface area contributed by atoms with E-state index < -0.39 is 0 Å². The predicted molar refractivity (Wildman–Crippen MR) is 351 cm³/mol.